The minimum Gasteiger partial charge on any atom is -0.422 e. The molecule has 23 heavy (non-hydrogen) atoms. The molecule has 0 aliphatic heterocycles. The highest BCUT2D eigenvalue weighted by Crippen LogP contribution is 2.33. The van der Waals surface area contributed by atoms with Gasteiger partial charge < -0.3 is 4.42 Å². The Labute approximate surface area is 134 Å². The van der Waals surface area contributed by atoms with E-state index in [1.54, 1.807) is 0 Å². The van der Waals surface area contributed by atoms with Gasteiger partial charge in [-0.1, -0.05) is 60.7 Å². The van der Waals surface area contributed by atoms with E-state index in [2.05, 4.69) is 21.9 Å². The molecule has 0 fully saturated rings. The molecule has 0 atom stereocenters. The van der Waals surface area contributed by atoms with Crippen LogP contribution < -0.4 is 10.9 Å². The van der Waals surface area contributed by atoms with Crippen LogP contribution in [0.1, 0.15) is 6.42 Å². The van der Waals surface area contributed by atoms with Gasteiger partial charge in [-0.15, -0.1) is 0 Å². The molecule has 2 N–H and O–H groups in total. The van der Waals surface area contributed by atoms with Crippen molar-refractivity contribution in [3.8, 4) is 28.7 Å². The van der Waals surface area contributed by atoms with Gasteiger partial charge in [0.25, 0.3) is 0 Å². The highest BCUT2D eigenvalue weighted by molar-refractivity contribution is 5.77. The molecule has 0 unspecified atom stereocenters. The van der Waals surface area contributed by atoms with Crippen LogP contribution in [0.2, 0.25) is 0 Å². The van der Waals surface area contributed by atoms with Gasteiger partial charge in [-0.3, -0.25) is 5.43 Å². The summed E-state index contributed by atoms with van der Waals surface area (Å²) in [6.45, 7) is 0.514. The van der Waals surface area contributed by atoms with E-state index in [4.69, 9.17) is 9.68 Å². The first-order valence-electron chi connectivity index (χ1n) is 7.36. The molecule has 2 aromatic carbocycles. The zero-order valence-electron chi connectivity index (χ0n) is 12.5. The van der Waals surface area contributed by atoms with Crippen LogP contribution in [0.15, 0.2) is 65.1 Å². The Balaban J connectivity index is 1.93. The van der Waals surface area contributed by atoms with E-state index in [-0.39, 0.29) is 0 Å². The highest BCUT2D eigenvalue weighted by Gasteiger charge is 2.16. The number of nitriles is 1. The number of hydrazine groups is 1. The van der Waals surface area contributed by atoms with Crippen molar-refractivity contribution in [2.75, 3.05) is 12.0 Å². The first-order valence-corrected chi connectivity index (χ1v) is 7.36. The first kappa shape index (κ1) is 14.8. The van der Waals surface area contributed by atoms with Gasteiger partial charge in [0.1, 0.15) is 5.69 Å². The SMILES string of the molecule is N#CCCNNc1nc(-c2ccccc2)c(-c2ccccc2)o1. The van der Waals surface area contributed by atoms with Crippen molar-refractivity contribution in [2.45, 2.75) is 6.42 Å². The number of nitrogens with zero attached hydrogens (tertiary/aromatic N) is 2. The molecule has 5 nitrogen and oxygen atoms in total. The van der Waals surface area contributed by atoms with Gasteiger partial charge in [-0.2, -0.15) is 10.2 Å². The number of aromatic nitrogens is 1. The molecule has 0 radical (unpaired) electrons. The lowest BCUT2D eigenvalue weighted by Gasteiger charge is -2.01. The average Bonchev–Trinajstić information content (AvgIpc) is 3.05. The Hall–Kier alpha value is -3.10. The maximum Gasteiger partial charge on any atom is 0.310 e. The number of hydrogen-bond donors (Lipinski definition) is 2. The zero-order chi connectivity index (χ0) is 15.9. The molecule has 0 spiro atoms. The van der Waals surface area contributed by atoms with Crippen LogP contribution in [0.4, 0.5) is 6.01 Å². The summed E-state index contributed by atoms with van der Waals surface area (Å²) in [5.41, 5.74) is 8.55. The minimum absolute atomic E-state index is 0.376. The van der Waals surface area contributed by atoms with Crippen molar-refractivity contribution in [3.05, 3.63) is 60.7 Å². The minimum atomic E-state index is 0.376. The topological polar surface area (TPSA) is 73.9 Å². The highest BCUT2D eigenvalue weighted by atomic mass is 16.4. The van der Waals surface area contributed by atoms with E-state index in [0.29, 0.717) is 24.7 Å². The predicted octanol–water partition coefficient (Wildman–Crippen LogP) is 3.84. The van der Waals surface area contributed by atoms with Gasteiger partial charge in [-0.05, 0) is 0 Å². The summed E-state index contributed by atoms with van der Waals surface area (Å²) in [5.74, 6) is 0.710. The molecule has 0 aliphatic carbocycles. The second-order valence-electron chi connectivity index (χ2n) is 4.89. The first-order chi connectivity index (χ1) is 11.4. The van der Waals surface area contributed by atoms with E-state index in [9.17, 15) is 0 Å². The summed E-state index contributed by atoms with van der Waals surface area (Å²) in [5, 5.41) is 8.55. The fourth-order valence-electron chi connectivity index (χ4n) is 2.21. The van der Waals surface area contributed by atoms with Crippen LogP contribution in [-0.2, 0) is 0 Å². The summed E-state index contributed by atoms with van der Waals surface area (Å²) < 4.78 is 5.87. The fourth-order valence-corrected chi connectivity index (χ4v) is 2.21. The number of hydrogen-bond acceptors (Lipinski definition) is 5. The number of oxazole rings is 1. The molecule has 114 valence electrons. The third-order valence-electron chi connectivity index (χ3n) is 3.27. The lowest BCUT2D eigenvalue weighted by atomic mass is 10.1. The van der Waals surface area contributed by atoms with Gasteiger partial charge in [0, 0.05) is 24.1 Å². The van der Waals surface area contributed by atoms with Crippen LogP contribution in [0.25, 0.3) is 22.6 Å². The zero-order valence-corrected chi connectivity index (χ0v) is 12.5. The van der Waals surface area contributed by atoms with E-state index in [0.717, 1.165) is 16.8 Å². The maximum atomic E-state index is 8.55. The van der Waals surface area contributed by atoms with Gasteiger partial charge in [0.2, 0.25) is 0 Å². The Kier molecular flexibility index (Phi) is 4.67. The molecule has 3 rings (SSSR count). The van der Waals surface area contributed by atoms with Gasteiger partial charge >= 0.3 is 6.01 Å². The standard InChI is InChI=1S/C18H16N4O/c19-12-7-13-20-22-18-21-16(14-8-3-1-4-9-14)17(23-18)15-10-5-2-6-11-15/h1-6,8-11,20H,7,13H2,(H,21,22). The predicted molar refractivity (Wildman–Crippen MR) is 89.2 cm³/mol. The number of nitrogens with one attached hydrogen (secondary N) is 2. The number of anilines is 1. The maximum absolute atomic E-state index is 8.55. The van der Waals surface area contributed by atoms with Gasteiger partial charge in [0.15, 0.2) is 5.76 Å². The smallest absolute Gasteiger partial charge is 0.310 e. The summed E-state index contributed by atoms with van der Waals surface area (Å²) in [6.07, 6.45) is 0.408. The molecular formula is C18H16N4O. The van der Waals surface area contributed by atoms with Crippen LogP contribution in [0, 0.1) is 11.3 Å². The van der Waals surface area contributed by atoms with Crippen LogP contribution >= 0.6 is 0 Å². The average molecular weight is 304 g/mol. The molecular weight excluding hydrogens is 288 g/mol. The lowest BCUT2D eigenvalue weighted by molar-refractivity contribution is 0.572. The van der Waals surface area contributed by atoms with Crippen molar-refractivity contribution in [3.63, 3.8) is 0 Å². The molecule has 1 heterocycles. The fraction of sp³-hybridized carbons (Fsp3) is 0.111. The molecule has 3 aromatic rings. The molecule has 0 saturated carbocycles. The Morgan fingerprint density at radius 1 is 0.957 bits per heavy atom. The number of rotatable bonds is 6. The normalized spacial score (nSPS) is 10.2. The van der Waals surface area contributed by atoms with Gasteiger partial charge in [-0.25, -0.2) is 5.43 Å². The lowest BCUT2D eigenvalue weighted by Crippen LogP contribution is -2.22. The van der Waals surface area contributed by atoms with Crippen molar-refractivity contribution in [2.24, 2.45) is 0 Å². The quantitative estimate of drug-likeness (QED) is 0.534. The molecule has 0 saturated heterocycles. The summed E-state index contributed by atoms with van der Waals surface area (Å²) in [7, 11) is 0. The van der Waals surface area contributed by atoms with Crippen molar-refractivity contribution in [1.82, 2.24) is 10.4 Å². The molecule has 0 amide bonds. The largest absolute Gasteiger partial charge is 0.422 e. The van der Waals surface area contributed by atoms with Crippen LogP contribution in [0.5, 0.6) is 0 Å². The van der Waals surface area contributed by atoms with Crippen LogP contribution in [-0.4, -0.2) is 11.5 Å². The van der Waals surface area contributed by atoms with E-state index in [1.165, 1.54) is 0 Å². The summed E-state index contributed by atoms with van der Waals surface area (Å²) in [4.78, 5) is 4.53. The number of benzene rings is 2. The molecule has 5 heteroatoms. The monoisotopic (exact) mass is 304 g/mol. The van der Waals surface area contributed by atoms with Crippen molar-refractivity contribution in [1.29, 1.82) is 5.26 Å². The van der Waals surface area contributed by atoms with E-state index >= 15 is 0 Å². The molecule has 0 bridgehead atoms. The summed E-state index contributed by atoms with van der Waals surface area (Å²) >= 11 is 0. The third-order valence-corrected chi connectivity index (χ3v) is 3.27. The third kappa shape index (κ3) is 3.57. The molecule has 0 aliphatic rings. The van der Waals surface area contributed by atoms with E-state index in [1.807, 2.05) is 60.7 Å². The molecule has 1 aromatic heterocycles. The Morgan fingerprint density at radius 3 is 2.26 bits per heavy atom. The van der Waals surface area contributed by atoms with E-state index < -0.39 is 0 Å². The van der Waals surface area contributed by atoms with Crippen molar-refractivity contribution >= 4 is 6.01 Å². The second kappa shape index (κ2) is 7.25. The second-order valence-corrected chi connectivity index (χ2v) is 4.89. The Bertz CT molecular complexity index is 734. The van der Waals surface area contributed by atoms with Gasteiger partial charge in [0.05, 0.1) is 6.07 Å². The van der Waals surface area contributed by atoms with Crippen LogP contribution in [0.3, 0.4) is 0 Å². The Morgan fingerprint density at radius 2 is 1.61 bits per heavy atom. The van der Waals surface area contributed by atoms with Crippen molar-refractivity contribution < 1.29 is 4.42 Å². The summed E-state index contributed by atoms with van der Waals surface area (Å²) in [6, 6.07) is 22.2.